The van der Waals surface area contributed by atoms with E-state index in [0.29, 0.717) is 17.9 Å². The molecule has 2 unspecified atom stereocenters. The van der Waals surface area contributed by atoms with E-state index in [0.717, 1.165) is 80.5 Å². The zero-order chi connectivity index (χ0) is 27.8. The van der Waals surface area contributed by atoms with Crippen molar-refractivity contribution in [3.05, 3.63) is 40.8 Å². The molecule has 1 aliphatic rings. The molecule has 0 radical (unpaired) electrons. The van der Waals surface area contributed by atoms with Crippen molar-refractivity contribution in [3.63, 3.8) is 0 Å². The number of hydrogen-bond donors (Lipinski definition) is 2. The number of aromatic nitrogens is 2. The topological polar surface area (TPSA) is 84.1 Å². The number of hydrogen-bond acceptors (Lipinski definition) is 5. The van der Waals surface area contributed by atoms with Gasteiger partial charge in [-0.25, -0.2) is 4.39 Å². The Morgan fingerprint density at radius 3 is 2.46 bits per heavy atom. The third-order valence-electron chi connectivity index (χ3n) is 6.08. The van der Waals surface area contributed by atoms with E-state index in [-0.39, 0.29) is 23.8 Å². The second-order valence-electron chi connectivity index (χ2n) is 10.4. The van der Waals surface area contributed by atoms with E-state index in [1.807, 2.05) is 31.9 Å². The molecule has 37 heavy (non-hydrogen) atoms. The number of nitrogens with zero attached hydrogens (tertiary/aromatic N) is 1. The minimum absolute atomic E-state index is 0.0199. The number of H-pyrrole nitrogens is 1. The lowest BCUT2D eigenvalue weighted by molar-refractivity contribution is -0.148. The lowest BCUT2D eigenvalue weighted by Crippen LogP contribution is -2.14. The van der Waals surface area contributed by atoms with Crippen LogP contribution in [0.25, 0.3) is 0 Å². The van der Waals surface area contributed by atoms with Gasteiger partial charge in [0.2, 0.25) is 0 Å². The number of anilines is 2. The summed E-state index contributed by atoms with van der Waals surface area (Å²) in [6.45, 7) is 14.7. The average molecular weight is 518 g/mol. The number of nitrogens with one attached hydrogen (secondary N) is 2. The molecular weight excluding hydrogens is 469 g/mol. The monoisotopic (exact) mass is 517 g/mol. The fourth-order valence-electron chi connectivity index (χ4n) is 4.41. The van der Waals surface area contributed by atoms with E-state index in [4.69, 9.17) is 9.53 Å². The van der Waals surface area contributed by atoms with Crippen molar-refractivity contribution >= 4 is 24.3 Å². The molecule has 1 aromatic carbocycles. The maximum absolute atomic E-state index is 15.2. The molecule has 1 fully saturated rings. The van der Waals surface area contributed by atoms with E-state index < -0.39 is 0 Å². The minimum Gasteiger partial charge on any atom is -0.462 e. The van der Waals surface area contributed by atoms with Crippen LogP contribution >= 0.6 is 0 Å². The molecule has 0 bridgehead atoms. The summed E-state index contributed by atoms with van der Waals surface area (Å²) in [5.41, 5.74) is 3.41. The molecule has 1 heterocycles. The van der Waals surface area contributed by atoms with Gasteiger partial charge in [0, 0.05) is 24.1 Å². The van der Waals surface area contributed by atoms with Crippen LogP contribution in [-0.2, 0) is 27.2 Å². The molecule has 0 aliphatic heterocycles. The molecule has 0 saturated heterocycles. The van der Waals surface area contributed by atoms with Crippen molar-refractivity contribution in [3.8, 4) is 0 Å². The van der Waals surface area contributed by atoms with Gasteiger partial charge in [0.25, 0.3) is 0 Å². The highest BCUT2D eigenvalue weighted by atomic mass is 19.1. The number of carbonyl (C=O) groups is 2. The number of rotatable bonds is 11. The van der Waals surface area contributed by atoms with Gasteiger partial charge >= 0.3 is 5.97 Å². The summed E-state index contributed by atoms with van der Waals surface area (Å²) in [5.74, 6) is 1.45. The van der Waals surface area contributed by atoms with Crippen molar-refractivity contribution in [1.82, 2.24) is 10.2 Å². The van der Waals surface area contributed by atoms with Crippen LogP contribution in [0.2, 0.25) is 0 Å². The molecule has 0 amide bonds. The second-order valence-corrected chi connectivity index (χ2v) is 10.4. The maximum Gasteiger partial charge on any atom is 0.306 e. The molecule has 1 saturated carbocycles. The molecule has 1 aromatic heterocycles. The fraction of sp³-hybridized carbons (Fsp3) is 0.633. The lowest BCUT2D eigenvalue weighted by atomic mass is 9.97. The van der Waals surface area contributed by atoms with Crippen molar-refractivity contribution in [2.75, 3.05) is 5.32 Å². The summed E-state index contributed by atoms with van der Waals surface area (Å²) in [5, 5.41) is 10.6. The number of carbonyl (C=O) groups excluding carboxylic acids is 2. The standard InChI is InChI=1S/C25H36FN3O2.C4H10.CH2O/c1-4-7-10-17-12-14-21(25(26)20(17)8-5-2)27-23-16-22(28-29-23)18-11-13-19(15-18)31-24(30)9-6-3;1-4(2)3;1-2/h12,14,16,18-19H,4-11,13,15H2,1-3H3,(H2,27,28,29);4H,1-3H3;1H2. The first-order valence-electron chi connectivity index (χ1n) is 13.9. The van der Waals surface area contributed by atoms with Gasteiger partial charge in [-0.15, -0.1) is 0 Å². The van der Waals surface area contributed by atoms with Gasteiger partial charge in [-0.2, -0.15) is 5.10 Å². The van der Waals surface area contributed by atoms with Gasteiger partial charge < -0.3 is 14.8 Å². The van der Waals surface area contributed by atoms with Crippen LogP contribution in [0.5, 0.6) is 0 Å². The summed E-state index contributed by atoms with van der Waals surface area (Å²) < 4.78 is 20.8. The quantitative estimate of drug-likeness (QED) is 0.295. The average Bonchev–Trinajstić information content (AvgIpc) is 3.52. The minimum atomic E-state index is -0.163. The molecule has 7 heteroatoms. The highest BCUT2D eigenvalue weighted by Gasteiger charge is 2.29. The maximum atomic E-state index is 15.2. The molecular formula is C30H48FN3O3. The van der Waals surface area contributed by atoms with E-state index >= 15 is 4.39 Å². The second kappa shape index (κ2) is 17.7. The predicted molar refractivity (Wildman–Crippen MR) is 150 cm³/mol. The number of aromatic amines is 1. The Kier molecular flexibility index (Phi) is 15.5. The zero-order valence-corrected chi connectivity index (χ0v) is 23.8. The van der Waals surface area contributed by atoms with E-state index in [2.05, 4.69) is 50.1 Å². The molecule has 2 N–H and O–H groups in total. The van der Waals surface area contributed by atoms with E-state index in [1.54, 1.807) is 0 Å². The molecule has 2 atom stereocenters. The van der Waals surface area contributed by atoms with Crippen LogP contribution in [-0.4, -0.2) is 29.1 Å². The normalized spacial score (nSPS) is 16.4. The first kappa shape index (κ1) is 32.3. The lowest BCUT2D eigenvalue weighted by Gasteiger charge is -2.14. The Morgan fingerprint density at radius 2 is 1.84 bits per heavy atom. The summed E-state index contributed by atoms with van der Waals surface area (Å²) in [6, 6.07) is 5.82. The number of unbranched alkanes of at least 4 members (excludes halogenated alkanes) is 1. The predicted octanol–water partition coefficient (Wildman–Crippen LogP) is 8.04. The molecule has 6 nitrogen and oxygen atoms in total. The van der Waals surface area contributed by atoms with Crippen molar-refractivity contribution in [1.29, 1.82) is 0 Å². The Labute approximate surface area is 223 Å². The number of halogens is 1. The fourth-order valence-corrected chi connectivity index (χ4v) is 4.41. The van der Waals surface area contributed by atoms with Crippen LogP contribution in [0.1, 0.15) is 116 Å². The first-order valence-corrected chi connectivity index (χ1v) is 13.9. The Balaban J connectivity index is 0.00000104. The Morgan fingerprint density at radius 1 is 1.14 bits per heavy atom. The van der Waals surface area contributed by atoms with E-state index in [1.165, 1.54) is 0 Å². The summed E-state index contributed by atoms with van der Waals surface area (Å²) in [4.78, 5) is 19.7. The molecule has 1 aliphatic carbocycles. The third kappa shape index (κ3) is 11.1. The van der Waals surface area contributed by atoms with Gasteiger partial charge in [-0.1, -0.05) is 60.5 Å². The van der Waals surface area contributed by atoms with Gasteiger partial charge in [-0.05, 0) is 68.1 Å². The summed E-state index contributed by atoms with van der Waals surface area (Å²) >= 11 is 0. The number of ether oxygens (including phenoxy) is 1. The van der Waals surface area contributed by atoms with Crippen molar-refractivity contribution in [2.45, 2.75) is 118 Å². The van der Waals surface area contributed by atoms with Crippen LogP contribution in [0.15, 0.2) is 18.2 Å². The smallest absolute Gasteiger partial charge is 0.306 e. The van der Waals surface area contributed by atoms with Gasteiger partial charge in [0.1, 0.15) is 18.7 Å². The highest BCUT2D eigenvalue weighted by molar-refractivity contribution is 5.69. The van der Waals surface area contributed by atoms with E-state index in [9.17, 15) is 4.79 Å². The van der Waals surface area contributed by atoms with Crippen LogP contribution < -0.4 is 5.32 Å². The van der Waals surface area contributed by atoms with Gasteiger partial charge in [-0.3, -0.25) is 9.89 Å². The van der Waals surface area contributed by atoms with Crippen molar-refractivity contribution in [2.24, 2.45) is 5.92 Å². The molecule has 2 aromatic rings. The number of benzene rings is 1. The van der Waals surface area contributed by atoms with Gasteiger partial charge in [0.15, 0.2) is 5.82 Å². The Hall–Kier alpha value is -2.70. The Bertz CT molecular complexity index is 926. The highest BCUT2D eigenvalue weighted by Crippen LogP contribution is 2.36. The molecule has 208 valence electrons. The van der Waals surface area contributed by atoms with Crippen LogP contribution in [0.3, 0.4) is 0 Å². The van der Waals surface area contributed by atoms with Crippen LogP contribution in [0.4, 0.5) is 15.9 Å². The summed E-state index contributed by atoms with van der Waals surface area (Å²) in [6.07, 6.45) is 8.63. The summed E-state index contributed by atoms with van der Waals surface area (Å²) in [7, 11) is 0. The van der Waals surface area contributed by atoms with Crippen molar-refractivity contribution < 1.29 is 18.7 Å². The molecule has 0 spiro atoms. The first-order chi connectivity index (χ1) is 17.8. The van der Waals surface area contributed by atoms with Gasteiger partial charge in [0.05, 0.1) is 5.69 Å². The largest absolute Gasteiger partial charge is 0.462 e. The SMILES string of the molecule is C=O.CC(C)C.CCCCc1ccc(Nc2cc(C3CCC(OC(=O)CCC)C3)[nH]n2)c(F)c1CCC. The number of esters is 1. The number of aryl methyl sites for hydroxylation is 1. The third-order valence-corrected chi connectivity index (χ3v) is 6.08. The van der Waals surface area contributed by atoms with Crippen LogP contribution in [0, 0.1) is 11.7 Å². The molecule has 3 rings (SSSR count). The zero-order valence-electron chi connectivity index (χ0n) is 23.8.